The molecular weight excluding hydrogens is 306 g/mol. The van der Waals surface area contributed by atoms with Crippen molar-refractivity contribution in [1.82, 2.24) is 5.32 Å². The van der Waals surface area contributed by atoms with Crippen molar-refractivity contribution in [3.63, 3.8) is 0 Å². The number of benzene rings is 1. The smallest absolute Gasteiger partial charge is 0.124 e. The Balaban J connectivity index is 2.33. The number of rotatable bonds is 5. The number of hydrogen-bond acceptors (Lipinski definition) is 3. The summed E-state index contributed by atoms with van der Waals surface area (Å²) in [7, 11) is 1.98. The predicted molar refractivity (Wildman–Crippen MR) is 80.6 cm³/mol. The van der Waals surface area contributed by atoms with Crippen molar-refractivity contribution < 1.29 is 9.47 Å². The Morgan fingerprint density at radius 3 is 2.89 bits per heavy atom. The summed E-state index contributed by atoms with van der Waals surface area (Å²) < 4.78 is 12.7. The molecule has 3 atom stereocenters. The van der Waals surface area contributed by atoms with Crippen molar-refractivity contribution in [3.8, 4) is 5.75 Å². The van der Waals surface area contributed by atoms with Crippen LogP contribution >= 0.6 is 15.9 Å². The number of halogens is 1. The Morgan fingerprint density at radius 2 is 2.32 bits per heavy atom. The van der Waals surface area contributed by atoms with Gasteiger partial charge in [-0.25, -0.2) is 0 Å². The van der Waals surface area contributed by atoms with Gasteiger partial charge in [0.05, 0.1) is 18.8 Å². The van der Waals surface area contributed by atoms with E-state index < -0.39 is 0 Å². The second kappa shape index (κ2) is 6.73. The Hall–Kier alpha value is -0.580. The van der Waals surface area contributed by atoms with Gasteiger partial charge in [0.25, 0.3) is 0 Å². The predicted octanol–water partition coefficient (Wildman–Crippen LogP) is 3.53. The van der Waals surface area contributed by atoms with Crippen molar-refractivity contribution in [2.75, 3.05) is 20.3 Å². The Bertz CT molecular complexity index is 425. The van der Waals surface area contributed by atoms with E-state index in [4.69, 9.17) is 9.47 Å². The average Bonchev–Trinajstić information content (AvgIpc) is 2.80. The second-order valence-corrected chi connectivity index (χ2v) is 5.90. The molecule has 0 spiro atoms. The maximum Gasteiger partial charge on any atom is 0.124 e. The molecule has 1 saturated heterocycles. The van der Waals surface area contributed by atoms with Crippen molar-refractivity contribution in [1.29, 1.82) is 0 Å². The van der Waals surface area contributed by atoms with Gasteiger partial charge in [0.1, 0.15) is 5.75 Å². The van der Waals surface area contributed by atoms with E-state index in [2.05, 4.69) is 34.2 Å². The zero-order valence-corrected chi connectivity index (χ0v) is 13.4. The van der Waals surface area contributed by atoms with Crippen LogP contribution in [0.4, 0.5) is 0 Å². The molecule has 0 radical (unpaired) electrons. The first kappa shape index (κ1) is 14.8. The molecule has 1 aromatic carbocycles. The molecule has 1 aliphatic rings. The zero-order valence-electron chi connectivity index (χ0n) is 11.8. The van der Waals surface area contributed by atoms with Gasteiger partial charge < -0.3 is 14.8 Å². The van der Waals surface area contributed by atoms with Gasteiger partial charge in [-0.1, -0.05) is 22.9 Å². The highest BCUT2D eigenvalue weighted by atomic mass is 79.9. The van der Waals surface area contributed by atoms with Gasteiger partial charge in [0.2, 0.25) is 0 Å². The summed E-state index contributed by atoms with van der Waals surface area (Å²) in [5.41, 5.74) is 1.16. The molecule has 1 aliphatic heterocycles. The molecule has 0 saturated carbocycles. The normalized spacial score (nSPS) is 24.4. The third-order valence-electron chi connectivity index (χ3n) is 3.69. The summed E-state index contributed by atoms with van der Waals surface area (Å²) in [5, 5.41) is 3.39. The maximum atomic E-state index is 5.91. The minimum atomic E-state index is 0.163. The van der Waals surface area contributed by atoms with Gasteiger partial charge in [-0.3, -0.25) is 0 Å². The fraction of sp³-hybridized carbons (Fsp3) is 0.600. The zero-order chi connectivity index (χ0) is 13.8. The molecule has 3 unspecified atom stereocenters. The molecule has 1 N–H and O–H groups in total. The minimum absolute atomic E-state index is 0.163. The van der Waals surface area contributed by atoms with E-state index in [-0.39, 0.29) is 12.1 Å². The average molecular weight is 328 g/mol. The Labute approximate surface area is 123 Å². The molecule has 3 nitrogen and oxygen atoms in total. The molecule has 0 bridgehead atoms. The molecule has 0 amide bonds. The molecule has 4 heteroatoms. The molecule has 1 heterocycles. The minimum Gasteiger partial charge on any atom is -0.494 e. The van der Waals surface area contributed by atoms with E-state index in [9.17, 15) is 0 Å². The van der Waals surface area contributed by atoms with E-state index in [1.54, 1.807) is 0 Å². The second-order valence-electron chi connectivity index (χ2n) is 4.98. The number of nitrogens with one attached hydrogen (secondary N) is 1. The molecular formula is C15H22BrNO2. The van der Waals surface area contributed by atoms with Crippen LogP contribution in [0.5, 0.6) is 5.75 Å². The van der Waals surface area contributed by atoms with Crippen molar-refractivity contribution in [3.05, 3.63) is 28.2 Å². The van der Waals surface area contributed by atoms with Crippen LogP contribution in [-0.2, 0) is 4.74 Å². The number of ether oxygens (including phenoxy) is 2. The Morgan fingerprint density at radius 1 is 1.53 bits per heavy atom. The van der Waals surface area contributed by atoms with Crippen LogP contribution in [0.2, 0.25) is 0 Å². The monoisotopic (exact) mass is 327 g/mol. The van der Waals surface area contributed by atoms with E-state index in [1.165, 1.54) is 0 Å². The highest BCUT2D eigenvalue weighted by Crippen LogP contribution is 2.36. The highest BCUT2D eigenvalue weighted by Gasteiger charge is 2.33. The van der Waals surface area contributed by atoms with Crippen LogP contribution in [0.25, 0.3) is 0 Å². The highest BCUT2D eigenvalue weighted by molar-refractivity contribution is 9.10. The summed E-state index contributed by atoms with van der Waals surface area (Å²) in [6.07, 6.45) is 1.33. The van der Waals surface area contributed by atoms with Crippen LogP contribution in [0, 0.1) is 5.92 Å². The van der Waals surface area contributed by atoms with Crippen LogP contribution < -0.4 is 10.1 Å². The van der Waals surface area contributed by atoms with Crippen LogP contribution in [0.15, 0.2) is 22.7 Å². The topological polar surface area (TPSA) is 30.5 Å². The third kappa shape index (κ3) is 3.30. The summed E-state index contributed by atoms with van der Waals surface area (Å²) in [6, 6.07) is 6.32. The van der Waals surface area contributed by atoms with Gasteiger partial charge >= 0.3 is 0 Å². The van der Waals surface area contributed by atoms with Gasteiger partial charge in [0, 0.05) is 16.6 Å². The van der Waals surface area contributed by atoms with Gasteiger partial charge in [-0.2, -0.15) is 0 Å². The fourth-order valence-corrected chi connectivity index (χ4v) is 3.07. The lowest BCUT2D eigenvalue weighted by atomic mass is 9.92. The van der Waals surface area contributed by atoms with Gasteiger partial charge in [0.15, 0.2) is 0 Å². The lowest BCUT2D eigenvalue weighted by molar-refractivity contribution is 0.0621. The van der Waals surface area contributed by atoms with Gasteiger partial charge in [-0.05, 0) is 44.5 Å². The summed E-state index contributed by atoms with van der Waals surface area (Å²) >= 11 is 3.54. The Kier molecular flexibility index (Phi) is 5.25. The quantitative estimate of drug-likeness (QED) is 0.897. The van der Waals surface area contributed by atoms with Crippen molar-refractivity contribution >= 4 is 15.9 Å². The fourth-order valence-electron chi connectivity index (χ4n) is 2.69. The first-order valence-corrected chi connectivity index (χ1v) is 7.67. The standard InChI is InChI=1S/C15H22BrNO2/c1-4-18-13-6-5-11(16)9-12(13)14(17-3)15-10(2)7-8-19-15/h5-6,9-10,14-15,17H,4,7-8H2,1-3H3. The van der Waals surface area contributed by atoms with Gasteiger partial charge in [-0.15, -0.1) is 0 Å². The SMILES string of the molecule is CCOc1ccc(Br)cc1C(NC)C1OCCC1C. The molecule has 0 aliphatic carbocycles. The molecule has 106 valence electrons. The number of hydrogen-bond donors (Lipinski definition) is 1. The van der Waals surface area contributed by atoms with E-state index in [1.807, 2.05) is 26.1 Å². The van der Waals surface area contributed by atoms with Crippen LogP contribution in [0.3, 0.4) is 0 Å². The largest absolute Gasteiger partial charge is 0.494 e. The van der Waals surface area contributed by atoms with Crippen molar-refractivity contribution in [2.24, 2.45) is 5.92 Å². The number of likely N-dealkylation sites (N-methyl/N-ethyl adjacent to an activating group) is 1. The van der Waals surface area contributed by atoms with E-state index >= 15 is 0 Å². The van der Waals surface area contributed by atoms with E-state index in [0.29, 0.717) is 12.5 Å². The lowest BCUT2D eigenvalue weighted by Crippen LogP contribution is -2.33. The molecule has 0 aromatic heterocycles. The van der Waals surface area contributed by atoms with Crippen molar-refractivity contribution in [2.45, 2.75) is 32.4 Å². The first-order chi connectivity index (χ1) is 9.17. The van der Waals surface area contributed by atoms with Crippen LogP contribution in [0.1, 0.15) is 31.9 Å². The maximum absolute atomic E-state index is 5.91. The third-order valence-corrected chi connectivity index (χ3v) is 4.18. The molecule has 19 heavy (non-hydrogen) atoms. The van der Waals surface area contributed by atoms with Crippen LogP contribution in [-0.4, -0.2) is 26.4 Å². The lowest BCUT2D eigenvalue weighted by Gasteiger charge is -2.27. The molecule has 1 fully saturated rings. The first-order valence-electron chi connectivity index (χ1n) is 6.88. The summed E-state index contributed by atoms with van der Waals surface area (Å²) in [6.45, 7) is 5.78. The summed E-state index contributed by atoms with van der Waals surface area (Å²) in [4.78, 5) is 0. The molecule has 1 aromatic rings. The van der Waals surface area contributed by atoms with E-state index in [0.717, 1.165) is 28.8 Å². The summed E-state index contributed by atoms with van der Waals surface area (Å²) in [5.74, 6) is 1.50. The molecule has 2 rings (SSSR count).